The topological polar surface area (TPSA) is 309 Å². The monoisotopic (exact) mass is 1850 g/mol. The van der Waals surface area contributed by atoms with E-state index >= 15 is 0 Å². The van der Waals surface area contributed by atoms with Crippen LogP contribution in [0.2, 0.25) is 0 Å². The zero-order chi connectivity index (χ0) is 96.4. The molecule has 678 valence electrons. The highest BCUT2D eigenvalue weighted by Crippen LogP contribution is 2.36. The molecule has 0 saturated heterocycles. The largest absolute Gasteiger partial charge is 0.260 e. The zero-order valence-electron chi connectivity index (χ0n) is 76.8. The molecular weight excluding hydrogens is 1780 g/mol. The number of aromatic nitrogens is 24. The van der Waals surface area contributed by atoms with Crippen molar-refractivity contribution in [1.82, 2.24) is 120 Å². The van der Waals surface area contributed by atoms with Crippen LogP contribution < -0.4 is 0 Å². The van der Waals surface area contributed by atoms with Gasteiger partial charge in [0.05, 0.1) is 23.8 Å². The molecule has 0 amide bonds. The Morgan fingerprint density at radius 3 is 0.486 bits per heavy atom. The van der Waals surface area contributed by atoms with Crippen molar-refractivity contribution in [3.8, 4) is 239 Å². The molecule has 0 aliphatic rings. The van der Waals surface area contributed by atoms with Crippen LogP contribution in [0.15, 0.2) is 474 Å². The summed E-state index contributed by atoms with van der Waals surface area (Å²) in [5, 5.41) is 0. The Bertz CT molecular complexity index is 7400. The zero-order valence-corrected chi connectivity index (χ0v) is 76.8. The van der Waals surface area contributed by atoms with E-state index in [4.69, 9.17) is 105 Å². The van der Waals surface area contributed by atoms with Gasteiger partial charge in [0.25, 0.3) is 0 Å². The van der Waals surface area contributed by atoms with Crippen LogP contribution in [0.25, 0.3) is 239 Å². The Hall–Kier alpha value is -20.4. The fourth-order valence-electron chi connectivity index (χ4n) is 15.8. The standard InChI is InChI=1S/3C40H26N8/c1-5-13-28(14-6-1)35-43-36(29-15-7-2-8-16-29)45-39(44-35)32-23-21-27(22-24-32)33-25-41-26-34(42-33)40-47-37(30-17-9-3-10-18-30)46-38(48-40)31-19-11-4-12-20-31;1-5-13-28(14-6-1)34-43-35(29-15-7-2-8-16-29)45-38(44-34)32-23-21-27(22-24-32)33-25-26-41-39(42-33)40-47-36(30-17-9-3-10-18-30)46-37(48-40)31-19-11-4-12-20-31;1-5-13-27(14-6-1)35-43-36(28-15-7-2-8-16-28)45-39(44-35)32-23-21-31(22-24-32)34-41-26-25-33(42-34)40-47-37(29-17-9-3-10-18-29)46-38(48-40)30-19-11-4-12-20-30/h3*1-26H. The van der Waals surface area contributed by atoms with Gasteiger partial charge in [0.1, 0.15) is 11.4 Å². The van der Waals surface area contributed by atoms with Gasteiger partial charge in [0.15, 0.2) is 111 Å². The first-order valence-electron chi connectivity index (χ1n) is 46.3. The van der Waals surface area contributed by atoms with Gasteiger partial charge in [-0.25, -0.2) is 115 Å². The van der Waals surface area contributed by atoms with Crippen LogP contribution in [0.1, 0.15) is 0 Å². The van der Waals surface area contributed by atoms with Crippen molar-refractivity contribution < 1.29 is 0 Å². The van der Waals surface area contributed by atoms with Crippen molar-refractivity contribution in [3.63, 3.8) is 0 Å². The molecule has 0 radical (unpaired) electrons. The van der Waals surface area contributed by atoms with E-state index in [0.717, 1.165) is 106 Å². The van der Waals surface area contributed by atoms with Crippen LogP contribution in [-0.4, -0.2) is 120 Å². The van der Waals surface area contributed by atoms with Gasteiger partial charge in [-0.05, 0) is 12.1 Å². The van der Waals surface area contributed by atoms with E-state index in [9.17, 15) is 0 Å². The summed E-state index contributed by atoms with van der Waals surface area (Å²) >= 11 is 0. The Balaban J connectivity index is 0.000000123. The maximum atomic E-state index is 4.94. The third-order valence-electron chi connectivity index (χ3n) is 23.1. The van der Waals surface area contributed by atoms with E-state index in [0.29, 0.717) is 134 Å². The lowest BCUT2D eigenvalue weighted by Gasteiger charge is -2.10. The first-order valence-corrected chi connectivity index (χ1v) is 46.3. The summed E-state index contributed by atoms with van der Waals surface area (Å²) in [4.78, 5) is 115. The highest BCUT2D eigenvalue weighted by Gasteiger charge is 2.23. The molecule has 144 heavy (non-hydrogen) atoms. The molecule has 0 saturated carbocycles. The second-order valence-electron chi connectivity index (χ2n) is 32.8. The fourth-order valence-corrected chi connectivity index (χ4v) is 15.8. The third-order valence-corrected chi connectivity index (χ3v) is 23.1. The van der Waals surface area contributed by atoms with Crippen LogP contribution in [0.5, 0.6) is 0 Å². The lowest BCUT2D eigenvalue weighted by atomic mass is 10.1. The van der Waals surface area contributed by atoms with E-state index in [2.05, 4.69) is 15.0 Å². The van der Waals surface area contributed by atoms with Crippen LogP contribution in [-0.2, 0) is 0 Å². The summed E-state index contributed by atoms with van der Waals surface area (Å²) in [5.41, 5.74) is 18.6. The minimum Gasteiger partial charge on any atom is -0.260 e. The van der Waals surface area contributed by atoms with Gasteiger partial charge in [0, 0.05) is 113 Å². The molecule has 0 atom stereocenters. The second kappa shape index (κ2) is 42.1. The summed E-state index contributed by atoms with van der Waals surface area (Å²) in [6.07, 6.45) is 6.87. The normalized spacial score (nSPS) is 10.9. The van der Waals surface area contributed by atoms with E-state index in [-0.39, 0.29) is 0 Å². The van der Waals surface area contributed by atoms with Crippen LogP contribution in [0, 0.1) is 0 Å². The number of benzene rings is 15. The lowest BCUT2D eigenvalue weighted by Crippen LogP contribution is -2.03. The van der Waals surface area contributed by atoms with Crippen LogP contribution in [0.3, 0.4) is 0 Å². The van der Waals surface area contributed by atoms with E-state index < -0.39 is 0 Å². The van der Waals surface area contributed by atoms with Gasteiger partial charge in [-0.3, -0.25) is 4.98 Å². The molecule has 0 unspecified atom stereocenters. The van der Waals surface area contributed by atoms with E-state index in [1.54, 1.807) is 24.8 Å². The quantitative estimate of drug-likeness (QED) is 0.0645. The predicted molar refractivity (Wildman–Crippen MR) is 561 cm³/mol. The van der Waals surface area contributed by atoms with E-state index in [1.165, 1.54) is 0 Å². The van der Waals surface area contributed by atoms with Crippen molar-refractivity contribution in [2.24, 2.45) is 0 Å². The minimum atomic E-state index is 0.397. The Kier molecular flexibility index (Phi) is 26.0. The van der Waals surface area contributed by atoms with Crippen LogP contribution in [0.4, 0.5) is 0 Å². The molecule has 0 fully saturated rings. The average Bonchev–Trinajstić information content (AvgIpc) is 0.807. The number of hydrogen-bond acceptors (Lipinski definition) is 24. The Morgan fingerprint density at radius 2 is 0.250 bits per heavy atom. The summed E-state index contributed by atoms with van der Waals surface area (Å²) in [6.45, 7) is 0. The van der Waals surface area contributed by atoms with Gasteiger partial charge < -0.3 is 0 Å². The van der Waals surface area contributed by atoms with Crippen molar-refractivity contribution >= 4 is 0 Å². The van der Waals surface area contributed by atoms with Crippen LogP contribution >= 0.6 is 0 Å². The Morgan fingerprint density at radius 1 is 0.0903 bits per heavy atom. The SMILES string of the molecule is c1ccc(-c2nc(-c3ccccc3)nc(-c3ccc(-c4ccnc(-c5nc(-c6ccccc6)nc(-c6ccccc6)n5)n4)cc3)n2)cc1.c1ccc(-c2nc(-c3ccccc3)nc(-c3ccc(-c4cncc(-c5nc(-c6ccccc6)nc(-c6ccccc6)n5)n4)cc3)n2)cc1.c1ccc(-c2nc(-c3ccccc3)nc(-c3ccc(-c4nccc(-c5nc(-c6ccccc6)nc(-c6ccccc6)n5)n4)cc3)n2)cc1. The van der Waals surface area contributed by atoms with Gasteiger partial charge in [-0.1, -0.05) is 437 Å². The minimum absolute atomic E-state index is 0.397. The van der Waals surface area contributed by atoms with Crippen molar-refractivity contribution in [2.75, 3.05) is 0 Å². The molecule has 24 aromatic rings. The summed E-state index contributed by atoms with van der Waals surface area (Å²) < 4.78 is 0. The van der Waals surface area contributed by atoms with Gasteiger partial charge >= 0.3 is 0 Å². The maximum absolute atomic E-state index is 4.94. The summed E-state index contributed by atoms with van der Waals surface area (Å²) in [6, 6.07) is 146. The molecule has 24 rings (SSSR count). The summed E-state index contributed by atoms with van der Waals surface area (Å²) in [5.74, 6) is 11.1. The lowest BCUT2D eigenvalue weighted by molar-refractivity contribution is 1.03. The predicted octanol–water partition coefficient (Wildman–Crippen LogP) is 25.5. The fraction of sp³-hybridized carbons (Fsp3) is 0. The van der Waals surface area contributed by atoms with Gasteiger partial charge in [-0.2, -0.15) is 0 Å². The molecule has 24 heteroatoms. The molecular formula is C120H78N24. The third kappa shape index (κ3) is 20.8. The molecule has 0 aliphatic carbocycles. The molecule has 0 spiro atoms. The van der Waals surface area contributed by atoms with Crippen molar-refractivity contribution in [2.45, 2.75) is 0 Å². The number of rotatable bonds is 21. The number of nitrogens with zero attached hydrogens (tertiary/aromatic N) is 24. The Labute approximate surface area is 827 Å². The van der Waals surface area contributed by atoms with Crippen molar-refractivity contribution in [3.05, 3.63) is 474 Å². The number of hydrogen-bond donors (Lipinski definition) is 0. The smallest absolute Gasteiger partial charge is 0.201 e. The average molecular weight is 1860 g/mol. The molecule has 24 nitrogen and oxygen atoms in total. The van der Waals surface area contributed by atoms with Gasteiger partial charge in [0.2, 0.25) is 5.82 Å². The highest BCUT2D eigenvalue weighted by atomic mass is 15.1. The van der Waals surface area contributed by atoms with Crippen molar-refractivity contribution in [1.29, 1.82) is 0 Å². The maximum Gasteiger partial charge on any atom is 0.201 e. The first kappa shape index (κ1) is 88.9. The summed E-state index contributed by atoms with van der Waals surface area (Å²) in [7, 11) is 0. The molecule has 0 N–H and O–H groups in total. The molecule has 0 aliphatic heterocycles. The second-order valence-corrected chi connectivity index (χ2v) is 32.8. The molecule has 15 aromatic carbocycles. The molecule has 0 bridgehead atoms. The molecule has 9 aromatic heterocycles. The highest BCUT2D eigenvalue weighted by molar-refractivity contribution is 5.77. The first-order chi connectivity index (χ1) is 71.3. The molecule has 9 heterocycles. The van der Waals surface area contributed by atoms with Gasteiger partial charge in [-0.15, -0.1) is 0 Å². The van der Waals surface area contributed by atoms with E-state index in [1.807, 2.05) is 449 Å².